The van der Waals surface area contributed by atoms with Gasteiger partial charge in [0.1, 0.15) is 5.76 Å². The number of benzene rings is 1. The molecule has 1 heterocycles. The van der Waals surface area contributed by atoms with Gasteiger partial charge in [0.2, 0.25) is 5.75 Å². The lowest BCUT2D eigenvalue weighted by Crippen LogP contribution is -2.17. The fourth-order valence-corrected chi connectivity index (χ4v) is 1.94. The first kappa shape index (κ1) is 17.1. The smallest absolute Gasteiger partial charge is 0.271 e. The van der Waals surface area contributed by atoms with E-state index in [1.165, 1.54) is 27.5 Å². The number of allylic oxidation sites excluding steroid dienone is 1. The fourth-order valence-electron chi connectivity index (χ4n) is 1.94. The van der Waals surface area contributed by atoms with Crippen LogP contribution in [0.3, 0.4) is 0 Å². The first-order chi connectivity index (χ1) is 11.7. The first-order valence-corrected chi connectivity index (χ1v) is 7.03. The van der Waals surface area contributed by atoms with Crippen molar-refractivity contribution in [2.45, 2.75) is 0 Å². The minimum absolute atomic E-state index is 0.330. The summed E-state index contributed by atoms with van der Waals surface area (Å²) in [5, 5.41) is 3.83. The van der Waals surface area contributed by atoms with Crippen LogP contribution >= 0.6 is 0 Å². The second-order valence-electron chi connectivity index (χ2n) is 4.51. The Balaban J connectivity index is 2.06. The maximum Gasteiger partial charge on any atom is 0.271 e. The molecule has 2 rings (SSSR count). The monoisotopic (exact) mass is 330 g/mol. The van der Waals surface area contributed by atoms with Crippen LogP contribution in [-0.2, 0) is 0 Å². The number of hydrazone groups is 1. The van der Waals surface area contributed by atoms with E-state index in [1.54, 1.807) is 42.7 Å². The van der Waals surface area contributed by atoms with Gasteiger partial charge >= 0.3 is 0 Å². The number of hydrogen-bond acceptors (Lipinski definition) is 6. The molecule has 0 aliphatic rings. The molecule has 1 aromatic carbocycles. The van der Waals surface area contributed by atoms with Crippen molar-refractivity contribution in [1.29, 1.82) is 0 Å². The molecule has 0 saturated carbocycles. The quantitative estimate of drug-likeness (QED) is 0.623. The summed E-state index contributed by atoms with van der Waals surface area (Å²) < 4.78 is 20.8. The van der Waals surface area contributed by atoms with Crippen LogP contribution in [0.1, 0.15) is 16.1 Å². The third kappa shape index (κ3) is 4.16. The topological polar surface area (TPSA) is 82.3 Å². The molecular weight excluding hydrogens is 312 g/mol. The lowest BCUT2D eigenvalue weighted by molar-refractivity contribution is 0.0954. The van der Waals surface area contributed by atoms with Crippen molar-refractivity contribution in [3.05, 3.63) is 47.9 Å². The molecule has 0 spiro atoms. The van der Waals surface area contributed by atoms with Crippen LogP contribution < -0.4 is 19.6 Å². The van der Waals surface area contributed by atoms with Gasteiger partial charge in [-0.1, -0.05) is 0 Å². The van der Waals surface area contributed by atoms with Crippen LogP contribution in [0.15, 0.2) is 46.1 Å². The van der Waals surface area contributed by atoms with E-state index in [1.807, 2.05) is 0 Å². The van der Waals surface area contributed by atoms with Gasteiger partial charge in [-0.05, 0) is 36.4 Å². The van der Waals surface area contributed by atoms with Crippen LogP contribution in [0.2, 0.25) is 0 Å². The van der Waals surface area contributed by atoms with Crippen LogP contribution in [-0.4, -0.2) is 33.5 Å². The average molecular weight is 330 g/mol. The predicted octanol–water partition coefficient (Wildman–Crippen LogP) is 2.73. The molecule has 7 heteroatoms. The molecule has 0 bridgehead atoms. The summed E-state index contributed by atoms with van der Waals surface area (Å²) in [7, 11) is 4.46. The third-order valence-electron chi connectivity index (χ3n) is 3.06. The van der Waals surface area contributed by atoms with E-state index >= 15 is 0 Å². The minimum atomic E-state index is -0.406. The van der Waals surface area contributed by atoms with Gasteiger partial charge in [0.25, 0.3) is 5.91 Å². The number of nitrogens with one attached hydrogen (secondary N) is 1. The van der Waals surface area contributed by atoms with E-state index in [0.29, 0.717) is 28.6 Å². The largest absolute Gasteiger partial charge is 0.493 e. The maximum atomic E-state index is 12.2. The molecule has 0 aliphatic heterocycles. The van der Waals surface area contributed by atoms with Crippen LogP contribution in [0.5, 0.6) is 17.2 Å². The summed E-state index contributed by atoms with van der Waals surface area (Å²) in [6.07, 6.45) is 6.38. The van der Waals surface area contributed by atoms with Gasteiger partial charge in [0, 0.05) is 11.8 Å². The number of carbonyl (C=O) groups is 1. The van der Waals surface area contributed by atoms with Crippen molar-refractivity contribution in [2.24, 2.45) is 5.10 Å². The Bertz CT molecular complexity index is 710. The maximum absolute atomic E-state index is 12.2. The summed E-state index contributed by atoms with van der Waals surface area (Å²) in [5.74, 6) is 1.49. The summed E-state index contributed by atoms with van der Waals surface area (Å²) in [4.78, 5) is 12.2. The molecule has 0 saturated heterocycles. The Morgan fingerprint density at radius 3 is 2.42 bits per heavy atom. The number of ether oxygens (including phenoxy) is 3. The van der Waals surface area contributed by atoms with Crippen LogP contribution in [0.25, 0.3) is 6.08 Å². The van der Waals surface area contributed by atoms with Crippen LogP contribution in [0, 0.1) is 0 Å². The lowest BCUT2D eigenvalue weighted by Gasteiger charge is -2.13. The number of carbonyl (C=O) groups excluding carboxylic acids is 1. The zero-order chi connectivity index (χ0) is 17.4. The van der Waals surface area contributed by atoms with Crippen molar-refractivity contribution in [3.63, 3.8) is 0 Å². The zero-order valence-corrected chi connectivity index (χ0v) is 13.6. The molecule has 7 nitrogen and oxygen atoms in total. The van der Waals surface area contributed by atoms with Crippen molar-refractivity contribution in [2.75, 3.05) is 21.3 Å². The molecule has 1 N–H and O–H groups in total. The summed E-state index contributed by atoms with van der Waals surface area (Å²) in [6, 6.07) is 6.68. The zero-order valence-electron chi connectivity index (χ0n) is 13.6. The molecule has 2 aromatic rings. The lowest BCUT2D eigenvalue weighted by atomic mass is 10.1. The number of furan rings is 1. The average Bonchev–Trinajstić information content (AvgIpc) is 3.13. The minimum Gasteiger partial charge on any atom is -0.493 e. The first-order valence-electron chi connectivity index (χ1n) is 7.03. The highest BCUT2D eigenvalue weighted by atomic mass is 16.5. The Kier molecular flexibility index (Phi) is 6.01. The van der Waals surface area contributed by atoms with Gasteiger partial charge in [0.05, 0.1) is 27.6 Å². The number of amides is 1. The number of methoxy groups -OCH3 is 3. The fraction of sp³-hybridized carbons (Fsp3) is 0.176. The highest BCUT2D eigenvalue weighted by molar-refractivity contribution is 5.96. The number of nitrogens with zero attached hydrogens (tertiary/aromatic N) is 1. The van der Waals surface area contributed by atoms with E-state index in [4.69, 9.17) is 18.6 Å². The van der Waals surface area contributed by atoms with Crippen molar-refractivity contribution in [1.82, 2.24) is 5.43 Å². The van der Waals surface area contributed by atoms with Gasteiger partial charge in [-0.3, -0.25) is 4.79 Å². The molecular formula is C17H18N2O5. The second-order valence-corrected chi connectivity index (χ2v) is 4.51. The normalized spacial score (nSPS) is 11.0. The van der Waals surface area contributed by atoms with Crippen molar-refractivity contribution in [3.8, 4) is 17.2 Å². The van der Waals surface area contributed by atoms with Crippen molar-refractivity contribution >= 4 is 18.2 Å². The summed E-state index contributed by atoms with van der Waals surface area (Å²) in [6.45, 7) is 0. The standard InChI is InChI=1S/C17H18N2O5/c1-21-14-10-12(11-15(22-2)16(14)23-3)17(20)19-18-8-4-6-13-7-5-9-24-13/h4-11H,1-3H3,(H,19,20)/b6-4+,18-8-. The van der Waals surface area contributed by atoms with Gasteiger partial charge in [0.15, 0.2) is 11.5 Å². The third-order valence-corrected chi connectivity index (χ3v) is 3.06. The second kappa shape index (κ2) is 8.42. The molecule has 0 radical (unpaired) electrons. The molecule has 24 heavy (non-hydrogen) atoms. The van der Waals surface area contributed by atoms with Crippen molar-refractivity contribution < 1.29 is 23.4 Å². The molecule has 0 aliphatic carbocycles. The van der Waals surface area contributed by atoms with E-state index in [-0.39, 0.29) is 0 Å². The molecule has 0 atom stereocenters. The summed E-state index contributed by atoms with van der Waals surface area (Å²) in [5.41, 5.74) is 2.75. The molecule has 1 aromatic heterocycles. The Hall–Kier alpha value is -3.22. The van der Waals surface area contributed by atoms with Crippen LogP contribution in [0.4, 0.5) is 0 Å². The van der Waals surface area contributed by atoms with Gasteiger partial charge in [-0.2, -0.15) is 5.10 Å². The molecule has 126 valence electrons. The van der Waals surface area contributed by atoms with Gasteiger partial charge in [-0.25, -0.2) is 5.43 Å². The Labute approximate surface area is 139 Å². The summed E-state index contributed by atoms with van der Waals surface area (Å²) >= 11 is 0. The van der Waals surface area contributed by atoms with E-state index in [9.17, 15) is 4.79 Å². The highest BCUT2D eigenvalue weighted by Crippen LogP contribution is 2.38. The Morgan fingerprint density at radius 1 is 1.17 bits per heavy atom. The SMILES string of the molecule is COc1cc(C(=O)N/N=C\C=C\c2ccco2)cc(OC)c1OC. The van der Waals surface area contributed by atoms with Gasteiger partial charge < -0.3 is 18.6 Å². The van der Waals surface area contributed by atoms with E-state index < -0.39 is 5.91 Å². The molecule has 1 amide bonds. The van der Waals surface area contributed by atoms with E-state index in [0.717, 1.165) is 0 Å². The Morgan fingerprint density at radius 2 is 1.88 bits per heavy atom. The molecule has 0 unspecified atom stereocenters. The number of rotatable bonds is 7. The molecule has 0 fully saturated rings. The van der Waals surface area contributed by atoms with Gasteiger partial charge in [-0.15, -0.1) is 0 Å². The number of hydrogen-bond donors (Lipinski definition) is 1. The van der Waals surface area contributed by atoms with E-state index in [2.05, 4.69) is 10.5 Å². The predicted molar refractivity (Wildman–Crippen MR) is 89.8 cm³/mol. The highest BCUT2D eigenvalue weighted by Gasteiger charge is 2.16.